The zero-order chi connectivity index (χ0) is 16.7. The van der Waals surface area contributed by atoms with E-state index in [1.54, 1.807) is 12.1 Å². The largest absolute Gasteiger partial charge is 1.00 e. The van der Waals surface area contributed by atoms with Crippen LogP contribution in [-0.4, -0.2) is 47.6 Å². The number of para-hydroxylation sites is 1. The number of rotatable bonds is 2. The van der Waals surface area contributed by atoms with E-state index >= 15 is 0 Å². The highest BCUT2D eigenvalue weighted by atomic mass is 35.5. The number of benzene rings is 1. The fourth-order valence-corrected chi connectivity index (χ4v) is 4.10. The molecule has 0 saturated carbocycles. The summed E-state index contributed by atoms with van der Waals surface area (Å²) in [7, 11) is 0. The Morgan fingerprint density at radius 3 is 2.60 bits per heavy atom. The van der Waals surface area contributed by atoms with Crippen LogP contribution >= 0.6 is 0 Å². The molecule has 0 aromatic heterocycles. The van der Waals surface area contributed by atoms with Crippen LogP contribution in [0.4, 0.5) is 5.69 Å². The SMILES string of the molecule is CC1CC(c2ccccc2[N+](=O)[O-])C(=C2NCCN2)C2=[N+]1CCN2.[Cl-]. The van der Waals surface area contributed by atoms with Crippen molar-refractivity contribution in [1.82, 2.24) is 16.0 Å². The van der Waals surface area contributed by atoms with Crippen molar-refractivity contribution in [3.63, 3.8) is 0 Å². The fraction of sp³-hybridized carbons (Fsp3) is 0.471. The number of nitrogens with one attached hydrogen (secondary N) is 3. The van der Waals surface area contributed by atoms with Gasteiger partial charge in [0.2, 0.25) is 0 Å². The highest BCUT2D eigenvalue weighted by Crippen LogP contribution is 2.39. The number of amidine groups is 1. The summed E-state index contributed by atoms with van der Waals surface area (Å²) in [6.07, 6.45) is 0.873. The van der Waals surface area contributed by atoms with Crippen LogP contribution in [0.15, 0.2) is 35.7 Å². The van der Waals surface area contributed by atoms with E-state index in [1.807, 2.05) is 12.1 Å². The van der Waals surface area contributed by atoms with Gasteiger partial charge in [0.25, 0.3) is 11.5 Å². The van der Waals surface area contributed by atoms with E-state index in [1.165, 1.54) is 0 Å². The monoisotopic (exact) mass is 363 g/mol. The van der Waals surface area contributed by atoms with Crippen LogP contribution in [0.1, 0.15) is 24.8 Å². The lowest BCUT2D eigenvalue weighted by atomic mass is 9.81. The molecule has 3 aliphatic rings. The molecular weight excluding hydrogens is 342 g/mol. The second kappa shape index (κ2) is 6.92. The summed E-state index contributed by atoms with van der Waals surface area (Å²) in [4.78, 5) is 11.3. The molecule has 0 aliphatic carbocycles. The number of nitro groups is 1. The van der Waals surface area contributed by atoms with Crippen LogP contribution in [0.25, 0.3) is 0 Å². The Hall–Kier alpha value is -2.28. The first-order chi connectivity index (χ1) is 11.7. The molecule has 0 bridgehead atoms. The maximum Gasteiger partial charge on any atom is 0.277 e. The molecule has 7 nitrogen and oxygen atoms in total. The second-order valence-corrected chi connectivity index (χ2v) is 6.56. The minimum absolute atomic E-state index is 0. The predicted octanol–water partition coefficient (Wildman–Crippen LogP) is -2.11. The summed E-state index contributed by atoms with van der Waals surface area (Å²) in [5, 5.41) is 21.9. The maximum absolute atomic E-state index is 11.5. The van der Waals surface area contributed by atoms with Gasteiger partial charge in [0.15, 0.2) is 0 Å². The molecule has 0 radical (unpaired) electrons. The first kappa shape index (κ1) is 17.5. The Balaban J connectivity index is 0.00000182. The Kier molecular flexibility index (Phi) is 4.85. The van der Waals surface area contributed by atoms with Crippen molar-refractivity contribution in [3.8, 4) is 0 Å². The molecule has 25 heavy (non-hydrogen) atoms. The maximum atomic E-state index is 11.5. The van der Waals surface area contributed by atoms with Gasteiger partial charge >= 0.3 is 0 Å². The average Bonchev–Trinajstić information content (AvgIpc) is 3.26. The number of hydrogen-bond acceptors (Lipinski definition) is 5. The topological polar surface area (TPSA) is 82.2 Å². The standard InChI is InChI=1S/C17H21N5O2.ClH/c1-11-10-13(12-4-2-3-5-14(12)22(23)24)15(16-18-6-7-19-16)17-20-8-9-21(11)17;/h2-5,11,13H,6-10H2,1H3,(H2,18,19,20);1H. The van der Waals surface area contributed by atoms with Gasteiger partial charge in [-0.05, 0) is 13.3 Å². The van der Waals surface area contributed by atoms with E-state index in [2.05, 4.69) is 27.4 Å². The van der Waals surface area contributed by atoms with Crippen molar-refractivity contribution in [3.05, 3.63) is 51.3 Å². The van der Waals surface area contributed by atoms with E-state index < -0.39 is 0 Å². The first-order valence-corrected chi connectivity index (χ1v) is 8.50. The zero-order valence-corrected chi connectivity index (χ0v) is 14.8. The minimum atomic E-state index is -0.267. The Morgan fingerprint density at radius 2 is 1.88 bits per heavy atom. The molecule has 1 saturated heterocycles. The summed E-state index contributed by atoms with van der Waals surface area (Å²) in [6, 6.07) is 7.49. The fourth-order valence-electron chi connectivity index (χ4n) is 4.10. The Morgan fingerprint density at radius 1 is 1.16 bits per heavy atom. The molecule has 2 unspecified atom stereocenters. The van der Waals surface area contributed by atoms with Crippen LogP contribution in [0.3, 0.4) is 0 Å². The van der Waals surface area contributed by atoms with Gasteiger partial charge in [-0.1, -0.05) is 18.2 Å². The Bertz CT molecular complexity index is 753. The van der Waals surface area contributed by atoms with Gasteiger partial charge < -0.3 is 23.0 Å². The zero-order valence-electron chi connectivity index (χ0n) is 14.1. The van der Waals surface area contributed by atoms with E-state index in [0.29, 0.717) is 6.04 Å². The van der Waals surface area contributed by atoms with Gasteiger partial charge in [-0.15, -0.1) is 0 Å². The molecule has 1 fully saturated rings. The molecule has 8 heteroatoms. The summed E-state index contributed by atoms with van der Waals surface area (Å²) in [5.41, 5.74) is 2.14. The third-order valence-corrected chi connectivity index (χ3v) is 5.15. The summed E-state index contributed by atoms with van der Waals surface area (Å²) in [5.74, 6) is 2.14. The molecule has 1 aromatic rings. The summed E-state index contributed by atoms with van der Waals surface area (Å²) in [6.45, 7) is 5.86. The van der Waals surface area contributed by atoms with E-state index in [4.69, 9.17) is 0 Å². The van der Waals surface area contributed by atoms with Gasteiger partial charge in [-0.25, -0.2) is 0 Å². The molecule has 3 N–H and O–H groups in total. The van der Waals surface area contributed by atoms with Crippen LogP contribution in [-0.2, 0) is 0 Å². The number of halogens is 1. The Labute approximate surface area is 152 Å². The van der Waals surface area contributed by atoms with Crippen molar-refractivity contribution in [1.29, 1.82) is 0 Å². The third kappa shape index (κ3) is 2.93. The molecular formula is C17H22ClN5O2. The van der Waals surface area contributed by atoms with Crippen molar-refractivity contribution in [2.24, 2.45) is 0 Å². The highest BCUT2D eigenvalue weighted by Gasteiger charge is 2.43. The molecule has 0 amide bonds. The van der Waals surface area contributed by atoms with Gasteiger partial charge in [-0.3, -0.25) is 20.0 Å². The van der Waals surface area contributed by atoms with Gasteiger partial charge in [0, 0.05) is 30.6 Å². The smallest absolute Gasteiger partial charge is 0.277 e. The van der Waals surface area contributed by atoms with Gasteiger partial charge in [-0.2, -0.15) is 0 Å². The second-order valence-electron chi connectivity index (χ2n) is 6.56. The molecule has 134 valence electrons. The predicted molar refractivity (Wildman–Crippen MR) is 91.1 cm³/mol. The quantitative estimate of drug-likeness (QED) is 0.318. The van der Waals surface area contributed by atoms with Crippen molar-refractivity contribution >= 4 is 11.5 Å². The van der Waals surface area contributed by atoms with Gasteiger partial charge in [0.1, 0.15) is 18.9 Å². The van der Waals surface area contributed by atoms with Crippen LogP contribution in [0, 0.1) is 10.1 Å². The van der Waals surface area contributed by atoms with Crippen LogP contribution < -0.4 is 28.4 Å². The average molecular weight is 364 g/mol. The first-order valence-electron chi connectivity index (χ1n) is 8.50. The van der Waals surface area contributed by atoms with Crippen molar-refractivity contribution in [2.75, 3.05) is 26.2 Å². The third-order valence-electron chi connectivity index (χ3n) is 5.15. The number of nitrogens with zero attached hydrogens (tertiary/aromatic N) is 2. The van der Waals surface area contributed by atoms with E-state index in [-0.39, 0.29) is 28.9 Å². The molecule has 3 aliphatic heterocycles. The van der Waals surface area contributed by atoms with Crippen molar-refractivity contribution < 1.29 is 21.9 Å². The lowest BCUT2D eigenvalue weighted by molar-refractivity contribution is -0.557. The normalized spacial score (nSPS) is 24.8. The van der Waals surface area contributed by atoms with E-state index in [9.17, 15) is 10.1 Å². The molecule has 4 rings (SSSR count). The van der Waals surface area contributed by atoms with Gasteiger partial charge in [0.05, 0.1) is 16.5 Å². The van der Waals surface area contributed by atoms with Crippen LogP contribution in [0.2, 0.25) is 0 Å². The lowest BCUT2D eigenvalue weighted by Crippen LogP contribution is -3.00. The lowest BCUT2D eigenvalue weighted by Gasteiger charge is -2.29. The van der Waals surface area contributed by atoms with Crippen LogP contribution in [0.5, 0.6) is 0 Å². The molecule has 3 heterocycles. The summed E-state index contributed by atoms with van der Waals surface area (Å²) >= 11 is 0. The molecule has 0 spiro atoms. The number of hydrogen-bond donors (Lipinski definition) is 3. The summed E-state index contributed by atoms with van der Waals surface area (Å²) < 4.78 is 2.38. The number of nitro benzene ring substituents is 1. The minimum Gasteiger partial charge on any atom is -1.00 e. The molecule has 1 aromatic carbocycles. The van der Waals surface area contributed by atoms with E-state index in [0.717, 1.165) is 55.4 Å². The van der Waals surface area contributed by atoms with Crippen molar-refractivity contribution in [2.45, 2.75) is 25.3 Å². The molecule has 2 atom stereocenters. The highest BCUT2D eigenvalue weighted by molar-refractivity contribution is 5.98.